The Hall–Kier alpha value is -0.760. The van der Waals surface area contributed by atoms with E-state index in [0.29, 0.717) is 5.13 Å². The second-order valence-corrected chi connectivity index (χ2v) is 3.76. The molecule has 0 spiro atoms. The second-order valence-electron chi connectivity index (χ2n) is 2.58. The summed E-state index contributed by atoms with van der Waals surface area (Å²) in [5, 5.41) is 11.3. The quantitative estimate of drug-likeness (QED) is 0.798. The first-order valence-electron chi connectivity index (χ1n) is 4.01. The molecule has 1 atom stereocenters. The van der Waals surface area contributed by atoms with Crippen molar-refractivity contribution in [3.8, 4) is 0 Å². The molecule has 1 amide bonds. The molecular weight excluding hydrogens is 240 g/mol. The number of nitrogens with two attached hydrogens (primary N) is 1. The zero-order chi connectivity index (χ0) is 10.6. The van der Waals surface area contributed by atoms with Crippen LogP contribution in [0.4, 0.5) is 5.13 Å². The zero-order valence-electron chi connectivity index (χ0n) is 8.39. The van der Waals surface area contributed by atoms with Gasteiger partial charge in [0.2, 0.25) is 5.13 Å². The normalized spacial score (nSPS) is 11.7. The van der Waals surface area contributed by atoms with E-state index < -0.39 is 6.10 Å². The first-order chi connectivity index (χ1) is 6.67. The van der Waals surface area contributed by atoms with E-state index in [4.69, 9.17) is 10.5 Å². The summed E-state index contributed by atoms with van der Waals surface area (Å²) in [6, 6.07) is 0. The van der Waals surface area contributed by atoms with Gasteiger partial charge in [-0.3, -0.25) is 10.1 Å². The molecule has 15 heavy (non-hydrogen) atoms. The molecule has 1 aromatic rings. The Morgan fingerprint density at radius 1 is 1.67 bits per heavy atom. The minimum Gasteiger partial charge on any atom is -0.370 e. The van der Waals surface area contributed by atoms with E-state index in [9.17, 15) is 4.79 Å². The summed E-state index contributed by atoms with van der Waals surface area (Å²) in [6.07, 6.45) is -0.640. The fraction of sp³-hybridized carbons (Fsp3) is 0.571. The van der Waals surface area contributed by atoms with Gasteiger partial charge in [-0.1, -0.05) is 11.3 Å². The highest BCUT2D eigenvalue weighted by Gasteiger charge is 2.16. The number of amides is 1. The average molecular weight is 253 g/mol. The maximum Gasteiger partial charge on any atom is 0.256 e. The Labute approximate surface area is 97.6 Å². The molecule has 1 aromatic heterocycles. The molecule has 1 unspecified atom stereocenters. The molecule has 0 saturated heterocycles. The van der Waals surface area contributed by atoms with Gasteiger partial charge in [0.05, 0.1) is 0 Å². The number of aromatic nitrogens is 2. The summed E-state index contributed by atoms with van der Waals surface area (Å²) in [4.78, 5) is 11.4. The molecule has 3 N–H and O–H groups in total. The molecule has 6 nitrogen and oxygen atoms in total. The molecule has 0 aliphatic rings. The molecule has 86 valence electrons. The number of rotatable bonds is 4. The van der Waals surface area contributed by atoms with Gasteiger partial charge in [0.1, 0.15) is 11.1 Å². The van der Waals surface area contributed by atoms with E-state index in [1.807, 2.05) is 6.92 Å². The van der Waals surface area contributed by atoms with Gasteiger partial charge in [0.25, 0.3) is 5.91 Å². The van der Waals surface area contributed by atoms with Crippen LogP contribution < -0.4 is 11.1 Å². The van der Waals surface area contributed by atoms with Gasteiger partial charge >= 0.3 is 0 Å². The molecule has 0 radical (unpaired) electrons. The number of anilines is 1. The Bertz CT molecular complexity index is 316. The number of hydrogen-bond acceptors (Lipinski definition) is 6. The highest BCUT2D eigenvalue weighted by molar-refractivity contribution is 7.15. The highest BCUT2D eigenvalue weighted by atomic mass is 35.5. The van der Waals surface area contributed by atoms with Crippen LogP contribution in [-0.4, -0.2) is 35.9 Å². The maximum atomic E-state index is 11.4. The van der Waals surface area contributed by atoms with Crippen LogP contribution >= 0.6 is 23.7 Å². The smallest absolute Gasteiger partial charge is 0.256 e. The molecule has 0 fully saturated rings. The van der Waals surface area contributed by atoms with E-state index in [-0.39, 0.29) is 24.9 Å². The molecular formula is C7H13ClN4O2S. The third kappa shape index (κ3) is 4.08. The van der Waals surface area contributed by atoms with Crippen molar-refractivity contribution in [3.05, 3.63) is 5.01 Å². The van der Waals surface area contributed by atoms with E-state index in [2.05, 4.69) is 15.5 Å². The van der Waals surface area contributed by atoms with Gasteiger partial charge in [0, 0.05) is 13.7 Å². The zero-order valence-corrected chi connectivity index (χ0v) is 10.0. The van der Waals surface area contributed by atoms with Crippen molar-refractivity contribution < 1.29 is 9.53 Å². The van der Waals surface area contributed by atoms with Crippen LogP contribution in [-0.2, 0) is 9.53 Å². The van der Waals surface area contributed by atoms with E-state index in [0.717, 1.165) is 5.01 Å². The fourth-order valence-electron chi connectivity index (χ4n) is 0.843. The minimum absolute atomic E-state index is 0. The molecule has 1 rings (SSSR count). The number of methoxy groups -OCH3 is 1. The molecule has 0 aromatic carbocycles. The number of carbonyl (C=O) groups excluding carboxylic acids is 1. The number of carbonyl (C=O) groups is 1. The summed E-state index contributed by atoms with van der Waals surface area (Å²) >= 11 is 1.30. The Kier molecular flexibility index (Phi) is 6.34. The van der Waals surface area contributed by atoms with Gasteiger partial charge in [-0.25, -0.2) is 0 Å². The third-order valence-corrected chi connectivity index (χ3v) is 2.30. The monoisotopic (exact) mass is 252 g/mol. The minimum atomic E-state index is -0.640. The number of ether oxygens (including phenoxy) is 1. The Morgan fingerprint density at radius 3 is 2.73 bits per heavy atom. The van der Waals surface area contributed by atoms with Crippen molar-refractivity contribution >= 4 is 34.8 Å². The second kappa shape index (κ2) is 6.67. The summed E-state index contributed by atoms with van der Waals surface area (Å²) < 4.78 is 4.86. The summed E-state index contributed by atoms with van der Waals surface area (Å²) in [5.41, 5.74) is 5.32. The molecule has 0 aliphatic carbocycles. The maximum absolute atomic E-state index is 11.4. The van der Waals surface area contributed by atoms with Crippen molar-refractivity contribution in [2.45, 2.75) is 13.0 Å². The van der Waals surface area contributed by atoms with Crippen molar-refractivity contribution in [1.29, 1.82) is 0 Å². The summed E-state index contributed by atoms with van der Waals surface area (Å²) in [6.45, 7) is 1.95. The predicted molar refractivity (Wildman–Crippen MR) is 60.4 cm³/mol. The Balaban J connectivity index is 0.00000196. The lowest BCUT2D eigenvalue weighted by molar-refractivity contribution is -0.125. The SMILES string of the molecule is COC(CN)C(=O)Nc1nnc(C)s1.Cl. The van der Waals surface area contributed by atoms with Crippen LogP contribution in [0.5, 0.6) is 0 Å². The number of hydrogen-bond donors (Lipinski definition) is 2. The van der Waals surface area contributed by atoms with Crippen molar-refractivity contribution in [3.63, 3.8) is 0 Å². The molecule has 0 aliphatic heterocycles. The lowest BCUT2D eigenvalue weighted by Crippen LogP contribution is -2.35. The van der Waals surface area contributed by atoms with Gasteiger partial charge in [0.15, 0.2) is 0 Å². The number of halogens is 1. The molecule has 1 heterocycles. The molecule has 8 heteroatoms. The summed E-state index contributed by atoms with van der Waals surface area (Å²) in [7, 11) is 1.43. The third-order valence-electron chi connectivity index (χ3n) is 1.55. The lowest BCUT2D eigenvalue weighted by Gasteiger charge is -2.10. The number of nitrogens with zero attached hydrogens (tertiary/aromatic N) is 2. The topological polar surface area (TPSA) is 90.1 Å². The van der Waals surface area contributed by atoms with Crippen molar-refractivity contribution in [2.24, 2.45) is 5.73 Å². The number of aryl methyl sites for hydroxylation is 1. The first-order valence-corrected chi connectivity index (χ1v) is 4.83. The van der Waals surface area contributed by atoms with Crippen LogP contribution in [0.2, 0.25) is 0 Å². The van der Waals surface area contributed by atoms with Gasteiger partial charge < -0.3 is 10.5 Å². The van der Waals surface area contributed by atoms with Crippen LogP contribution in [0.3, 0.4) is 0 Å². The standard InChI is InChI=1S/C7H12N4O2S.ClH/c1-4-10-11-7(14-4)9-6(12)5(3-8)13-2;/h5H,3,8H2,1-2H3,(H,9,11,12);1H. The van der Waals surface area contributed by atoms with E-state index in [1.54, 1.807) is 0 Å². The highest BCUT2D eigenvalue weighted by Crippen LogP contribution is 2.13. The van der Waals surface area contributed by atoms with Crippen molar-refractivity contribution in [2.75, 3.05) is 19.0 Å². The van der Waals surface area contributed by atoms with Crippen LogP contribution in [0.25, 0.3) is 0 Å². The van der Waals surface area contributed by atoms with Crippen LogP contribution in [0.15, 0.2) is 0 Å². The first kappa shape index (κ1) is 14.2. The Morgan fingerprint density at radius 2 is 2.33 bits per heavy atom. The van der Waals surface area contributed by atoms with E-state index in [1.165, 1.54) is 18.4 Å². The van der Waals surface area contributed by atoms with E-state index >= 15 is 0 Å². The van der Waals surface area contributed by atoms with Gasteiger partial charge in [-0.05, 0) is 6.92 Å². The van der Waals surface area contributed by atoms with Crippen LogP contribution in [0, 0.1) is 6.92 Å². The fourth-order valence-corrected chi connectivity index (χ4v) is 1.44. The molecule has 0 bridgehead atoms. The predicted octanol–water partition coefficient (Wildman–Crippen LogP) is 0.181. The average Bonchev–Trinajstić information content (AvgIpc) is 2.53. The largest absolute Gasteiger partial charge is 0.370 e. The van der Waals surface area contributed by atoms with Gasteiger partial charge in [-0.2, -0.15) is 0 Å². The molecule has 0 saturated carbocycles. The summed E-state index contributed by atoms with van der Waals surface area (Å²) in [5.74, 6) is -0.300. The van der Waals surface area contributed by atoms with Gasteiger partial charge in [-0.15, -0.1) is 22.6 Å². The van der Waals surface area contributed by atoms with Crippen molar-refractivity contribution in [1.82, 2.24) is 10.2 Å². The van der Waals surface area contributed by atoms with Crippen LogP contribution in [0.1, 0.15) is 5.01 Å². The lowest BCUT2D eigenvalue weighted by atomic mass is 10.3. The number of nitrogens with one attached hydrogen (secondary N) is 1.